The number of carboxylic acids is 1. The first-order valence-corrected chi connectivity index (χ1v) is 7.01. The van der Waals surface area contributed by atoms with Gasteiger partial charge in [0.1, 0.15) is 11.7 Å². The van der Waals surface area contributed by atoms with Crippen molar-refractivity contribution in [2.45, 2.75) is 52.6 Å². The predicted molar refractivity (Wildman–Crippen MR) is 76.6 cm³/mol. The van der Waals surface area contributed by atoms with E-state index in [-0.39, 0.29) is 17.7 Å². The molecule has 1 aromatic heterocycles. The number of hydrogen-bond donors (Lipinski definition) is 2. The molecule has 6 nitrogen and oxygen atoms in total. The molecule has 1 aliphatic rings. The van der Waals surface area contributed by atoms with Crippen LogP contribution in [0.2, 0.25) is 0 Å². The molecule has 21 heavy (non-hydrogen) atoms. The zero-order chi connectivity index (χ0) is 15.9. The van der Waals surface area contributed by atoms with Gasteiger partial charge in [0.15, 0.2) is 5.78 Å². The lowest BCUT2D eigenvalue weighted by molar-refractivity contribution is -0.141. The Bertz CT molecular complexity index is 613. The van der Waals surface area contributed by atoms with E-state index in [1.54, 1.807) is 13.8 Å². The van der Waals surface area contributed by atoms with Crippen molar-refractivity contribution in [3.05, 3.63) is 22.5 Å². The number of amides is 1. The number of nitrogens with zero attached hydrogens (tertiary/aromatic N) is 1. The predicted octanol–water partition coefficient (Wildman–Crippen LogP) is 1.91. The first-order valence-electron chi connectivity index (χ1n) is 7.01. The van der Waals surface area contributed by atoms with Gasteiger partial charge in [0.05, 0.1) is 0 Å². The summed E-state index contributed by atoms with van der Waals surface area (Å²) >= 11 is 0. The summed E-state index contributed by atoms with van der Waals surface area (Å²) in [5.41, 5.74) is 2.06. The lowest BCUT2D eigenvalue weighted by Gasteiger charge is -2.26. The molecule has 0 spiro atoms. The van der Waals surface area contributed by atoms with Crippen molar-refractivity contribution in [3.63, 3.8) is 0 Å². The Labute approximate surface area is 123 Å². The van der Waals surface area contributed by atoms with Gasteiger partial charge in [-0.25, -0.2) is 4.79 Å². The maximum absolute atomic E-state index is 12.7. The highest BCUT2D eigenvalue weighted by molar-refractivity contribution is 6.03. The Morgan fingerprint density at radius 3 is 2.24 bits per heavy atom. The molecule has 1 unspecified atom stereocenters. The fraction of sp³-hybridized carbons (Fsp3) is 0.533. The van der Waals surface area contributed by atoms with Gasteiger partial charge in [0.2, 0.25) is 0 Å². The van der Waals surface area contributed by atoms with E-state index >= 15 is 0 Å². The smallest absolute Gasteiger partial charge is 0.326 e. The Hall–Kier alpha value is -2.11. The molecule has 114 valence electrons. The van der Waals surface area contributed by atoms with Gasteiger partial charge in [-0.2, -0.15) is 0 Å². The van der Waals surface area contributed by atoms with E-state index in [1.165, 1.54) is 18.7 Å². The number of aryl methyl sites for hydroxylation is 1. The van der Waals surface area contributed by atoms with Gasteiger partial charge in [-0.1, -0.05) is 0 Å². The molecule has 6 heteroatoms. The lowest BCUT2D eigenvalue weighted by atomic mass is 10.1. The van der Waals surface area contributed by atoms with Crippen molar-refractivity contribution < 1.29 is 19.5 Å². The number of Topliss-reactive ketones (excluding diaryl/α,β-unsaturated/α-hetero) is 1. The minimum absolute atomic E-state index is 0.0209. The van der Waals surface area contributed by atoms with Gasteiger partial charge in [-0.05, 0) is 46.1 Å². The third-order valence-electron chi connectivity index (χ3n) is 3.95. The maximum atomic E-state index is 12.7. The number of rotatable bonds is 5. The monoisotopic (exact) mass is 292 g/mol. The topological polar surface area (TPSA) is 90.5 Å². The van der Waals surface area contributed by atoms with E-state index < -0.39 is 12.0 Å². The Morgan fingerprint density at radius 2 is 1.86 bits per heavy atom. The summed E-state index contributed by atoms with van der Waals surface area (Å²) in [6.45, 7) is 6.41. The third kappa shape index (κ3) is 2.70. The SMILES string of the molecule is CC(=O)c1c(C)[nH]c(C(=O)N(C2CC2)C(C)C(=O)O)c1C. The van der Waals surface area contributed by atoms with E-state index in [2.05, 4.69) is 4.98 Å². The highest BCUT2D eigenvalue weighted by Crippen LogP contribution is 2.31. The summed E-state index contributed by atoms with van der Waals surface area (Å²) in [5.74, 6) is -1.48. The van der Waals surface area contributed by atoms with Crippen molar-refractivity contribution >= 4 is 17.7 Å². The second-order valence-corrected chi connectivity index (χ2v) is 5.64. The fourth-order valence-corrected chi connectivity index (χ4v) is 2.75. The average Bonchev–Trinajstić information content (AvgIpc) is 3.14. The highest BCUT2D eigenvalue weighted by Gasteiger charge is 2.40. The molecule has 1 aliphatic carbocycles. The number of hydrogen-bond acceptors (Lipinski definition) is 3. The summed E-state index contributed by atoms with van der Waals surface area (Å²) in [7, 11) is 0. The van der Waals surface area contributed by atoms with Crippen LogP contribution in [0.1, 0.15) is 58.8 Å². The van der Waals surface area contributed by atoms with Crippen LogP contribution in [0.25, 0.3) is 0 Å². The molecule has 2 rings (SSSR count). The van der Waals surface area contributed by atoms with Gasteiger partial charge >= 0.3 is 5.97 Å². The van der Waals surface area contributed by atoms with E-state index in [0.29, 0.717) is 22.5 Å². The summed E-state index contributed by atoms with van der Waals surface area (Å²) in [4.78, 5) is 39.9. The van der Waals surface area contributed by atoms with E-state index in [4.69, 9.17) is 0 Å². The second kappa shape index (κ2) is 5.35. The summed E-state index contributed by atoms with van der Waals surface area (Å²) < 4.78 is 0. The zero-order valence-corrected chi connectivity index (χ0v) is 12.7. The van der Waals surface area contributed by atoms with Crippen LogP contribution in [0.15, 0.2) is 0 Å². The van der Waals surface area contributed by atoms with Gasteiger partial charge in [-0.3, -0.25) is 9.59 Å². The van der Waals surface area contributed by atoms with E-state index in [0.717, 1.165) is 12.8 Å². The Balaban J connectivity index is 2.40. The third-order valence-corrected chi connectivity index (χ3v) is 3.95. The van der Waals surface area contributed by atoms with Crippen LogP contribution in [0, 0.1) is 13.8 Å². The second-order valence-electron chi connectivity index (χ2n) is 5.64. The van der Waals surface area contributed by atoms with Crippen molar-refractivity contribution in [1.82, 2.24) is 9.88 Å². The first-order chi connectivity index (χ1) is 9.75. The zero-order valence-electron chi connectivity index (χ0n) is 12.7. The quantitative estimate of drug-likeness (QED) is 0.811. The first kappa shape index (κ1) is 15.3. The van der Waals surface area contributed by atoms with Crippen LogP contribution in [-0.2, 0) is 4.79 Å². The number of aromatic nitrogens is 1. The molecule has 1 atom stereocenters. The molecule has 1 amide bonds. The fourth-order valence-electron chi connectivity index (χ4n) is 2.75. The van der Waals surface area contributed by atoms with Crippen LogP contribution < -0.4 is 0 Å². The Morgan fingerprint density at radius 1 is 1.29 bits per heavy atom. The van der Waals surface area contributed by atoms with Crippen LogP contribution in [0.3, 0.4) is 0 Å². The van der Waals surface area contributed by atoms with Gasteiger partial charge < -0.3 is 15.0 Å². The molecule has 0 aliphatic heterocycles. The summed E-state index contributed by atoms with van der Waals surface area (Å²) in [6, 6.07) is -0.902. The minimum Gasteiger partial charge on any atom is -0.480 e. The summed E-state index contributed by atoms with van der Waals surface area (Å²) in [5, 5.41) is 9.18. The largest absolute Gasteiger partial charge is 0.480 e. The molecule has 1 fully saturated rings. The molecule has 0 radical (unpaired) electrons. The van der Waals surface area contributed by atoms with E-state index in [9.17, 15) is 19.5 Å². The van der Waals surface area contributed by atoms with Crippen LogP contribution in [0.5, 0.6) is 0 Å². The molecular weight excluding hydrogens is 272 g/mol. The lowest BCUT2D eigenvalue weighted by Crippen LogP contribution is -2.45. The molecule has 2 N–H and O–H groups in total. The van der Waals surface area contributed by atoms with Gasteiger partial charge in [0, 0.05) is 17.3 Å². The molecule has 1 heterocycles. The normalized spacial score (nSPS) is 15.6. The number of aliphatic carboxylic acids is 1. The van der Waals surface area contributed by atoms with E-state index in [1.807, 2.05) is 0 Å². The number of H-pyrrole nitrogens is 1. The highest BCUT2D eigenvalue weighted by atomic mass is 16.4. The molecule has 0 saturated heterocycles. The number of nitrogens with one attached hydrogen (secondary N) is 1. The van der Waals surface area contributed by atoms with Gasteiger partial charge in [-0.15, -0.1) is 0 Å². The molecular formula is C15H20N2O4. The minimum atomic E-state index is -1.03. The van der Waals surface area contributed by atoms with Crippen molar-refractivity contribution in [2.24, 2.45) is 0 Å². The van der Waals surface area contributed by atoms with Crippen molar-refractivity contribution in [3.8, 4) is 0 Å². The number of carboxylic acid groups (broad SMARTS) is 1. The average molecular weight is 292 g/mol. The molecule has 1 saturated carbocycles. The summed E-state index contributed by atoms with van der Waals surface area (Å²) in [6.07, 6.45) is 1.64. The molecule has 1 aromatic rings. The van der Waals surface area contributed by atoms with Crippen molar-refractivity contribution in [1.29, 1.82) is 0 Å². The maximum Gasteiger partial charge on any atom is 0.326 e. The van der Waals surface area contributed by atoms with Crippen LogP contribution in [-0.4, -0.2) is 44.7 Å². The van der Waals surface area contributed by atoms with Gasteiger partial charge in [0.25, 0.3) is 5.91 Å². The molecule has 0 aromatic carbocycles. The molecule has 0 bridgehead atoms. The number of carbonyl (C=O) groups is 3. The standard InChI is InChI=1S/C15H20N2O4/c1-7-12(10(4)18)8(2)16-13(7)14(19)17(11-5-6-11)9(3)15(20)21/h9,11,16H,5-6H2,1-4H3,(H,20,21). The van der Waals surface area contributed by atoms with Crippen LogP contribution in [0.4, 0.5) is 0 Å². The number of aromatic amines is 1. The number of ketones is 1. The Kier molecular flexibility index (Phi) is 3.89. The van der Waals surface area contributed by atoms with Crippen LogP contribution >= 0.6 is 0 Å². The number of carbonyl (C=O) groups excluding carboxylic acids is 2. The van der Waals surface area contributed by atoms with Crippen molar-refractivity contribution in [2.75, 3.05) is 0 Å².